The van der Waals surface area contributed by atoms with Gasteiger partial charge in [-0.1, -0.05) is 55.8 Å². The van der Waals surface area contributed by atoms with E-state index in [1.54, 1.807) is 0 Å². The largest absolute Gasteiger partial charge is 0.311 e. The van der Waals surface area contributed by atoms with Crippen molar-refractivity contribution in [1.82, 2.24) is 10.2 Å². The lowest BCUT2D eigenvalue weighted by Gasteiger charge is -2.41. The number of rotatable bonds is 4. The summed E-state index contributed by atoms with van der Waals surface area (Å²) >= 11 is 0. The van der Waals surface area contributed by atoms with Crippen LogP contribution in [-0.2, 0) is 0 Å². The van der Waals surface area contributed by atoms with Gasteiger partial charge in [0.1, 0.15) is 0 Å². The quantitative estimate of drug-likeness (QED) is 0.842. The molecule has 0 saturated carbocycles. The van der Waals surface area contributed by atoms with E-state index in [4.69, 9.17) is 0 Å². The van der Waals surface area contributed by atoms with Crippen molar-refractivity contribution in [1.29, 1.82) is 0 Å². The topological polar surface area (TPSA) is 15.3 Å². The van der Waals surface area contributed by atoms with Gasteiger partial charge in [0.25, 0.3) is 0 Å². The van der Waals surface area contributed by atoms with Gasteiger partial charge in [-0.05, 0) is 25.3 Å². The van der Waals surface area contributed by atoms with Gasteiger partial charge in [0.05, 0.1) is 0 Å². The summed E-state index contributed by atoms with van der Waals surface area (Å²) < 4.78 is 0. The van der Waals surface area contributed by atoms with Gasteiger partial charge in [-0.3, -0.25) is 4.90 Å². The third kappa shape index (κ3) is 3.94. The minimum absolute atomic E-state index is 0.488. The predicted molar refractivity (Wildman–Crippen MR) is 86.8 cm³/mol. The molecule has 2 heteroatoms. The molecule has 1 aromatic carbocycles. The van der Waals surface area contributed by atoms with Crippen LogP contribution >= 0.6 is 0 Å². The van der Waals surface area contributed by atoms with Crippen molar-refractivity contribution in [3.8, 4) is 0 Å². The molecule has 1 N–H and O–H groups in total. The summed E-state index contributed by atoms with van der Waals surface area (Å²) in [5.74, 6) is 0.681. The smallest absolute Gasteiger partial charge is 0.0476 e. The number of hydrogen-bond donors (Lipinski definition) is 1. The molecule has 1 saturated heterocycles. The number of piperazine rings is 1. The van der Waals surface area contributed by atoms with E-state index in [2.05, 4.69) is 74.3 Å². The normalized spacial score (nSPS) is 23.9. The summed E-state index contributed by atoms with van der Waals surface area (Å²) in [5, 5.41) is 3.72. The first-order valence-electron chi connectivity index (χ1n) is 7.73. The van der Waals surface area contributed by atoms with Crippen molar-refractivity contribution < 1.29 is 0 Å². The number of allylic oxidation sites excluding steroid dienone is 1. The fourth-order valence-corrected chi connectivity index (χ4v) is 2.79. The molecule has 1 aromatic rings. The zero-order valence-corrected chi connectivity index (χ0v) is 13.3. The molecule has 2 atom stereocenters. The average molecular weight is 272 g/mol. The Kier molecular flexibility index (Phi) is 5.38. The van der Waals surface area contributed by atoms with Crippen molar-refractivity contribution in [2.75, 3.05) is 19.6 Å². The minimum atomic E-state index is 0.488. The summed E-state index contributed by atoms with van der Waals surface area (Å²) in [7, 11) is 0. The molecule has 0 spiro atoms. The third-order valence-corrected chi connectivity index (χ3v) is 4.17. The fraction of sp³-hybridized carbons (Fsp3) is 0.556. The highest BCUT2D eigenvalue weighted by Crippen LogP contribution is 2.25. The summed E-state index contributed by atoms with van der Waals surface area (Å²) in [5.41, 5.74) is 2.82. The van der Waals surface area contributed by atoms with E-state index in [1.807, 2.05) is 0 Å². The maximum absolute atomic E-state index is 3.72. The van der Waals surface area contributed by atoms with Crippen molar-refractivity contribution in [3.63, 3.8) is 0 Å². The van der Waals surface area contributed by atoms with Gasteiger partial charge in [0.2, 0.25) is 0 Å². The molecule has 110 valence electrons. The zero-order chi connectivity index (χ0) is 14.5. The van der Waals surface area contributed by atoms with Gasteiger partial charge >= 0.3 is 0 Å². The van der Waals surface area contributed by atoms with E-state index in [0.717, 1.165) is 19.6 Å². The molecular weight excluding hydrogens is 244 g/mol. The van der Waals surface area contributed by atoms with Crippen LogP contribution in [0.1, 0.15) is 39.3 Å². The SMILES string of the molecule is CC(C)=CCN1CC(C(C)C)NCC1c1ccccc1. The molecule has 2 rings (SSSR count). The van der Waals surface area contributed by atoms with E-state index in [0.29, 0.717) is 18.0 Å². The maximum atomic E-state index is 3.72. The number of hydrogen-bond acceptors (Lipinski definition) is 2. The van der Waals surface area contributed by atoms with Crippen LogP contribution < -0.4 is 5.32 Å². The lowest BCUT2D eigenvalue weighted by Crippen LogP contribution is -2.54. The van der Waals surface area contributed by atoms with Crippen molar-refractivity contribution in [2.45, 2.75) is 39.8 Å². The molecule has 1 aliphatic heterocycles. The van der Waals surface area contributed by atoms with E-state index in [1.165, 1.54) is 11.1 Å². The predicted octanol–water partition coefficient (Wildman–Crippen LogP) is 3.62. The Bertz CT molecular complexity index is 432. The first-order valence-corrected chi connectivity index (χ1v) is 7.73. The molecule has 20 heavy (non-hydrogen) atoms. The first-order chi connectivity index (χ1) is 9.58. The molecule has 0 aromatic heterocycles. The number of benzene rings is 1. The van der Waals surface area contributed by atoms with Gasteiger partial charge in [-0.25, -0.2) is 0 Å². The molecular formula is C18H28N2. The summed E-state index contributed by atoms with van der Waals surface area (Å²) in [6.07, 6.45) is 2.35. The maximum Gasteiger partial charge on any atom is 0.0476 e. The minimum Gasteiger partial charge on any atom is -0.311 e. The Morgan fingerprint density at radius 2 is 2.00 bits per heavy atom. The Morgan fingerprint density at radius 3 is 2.60 bits per heavy atom. The second-order valence-corrected chi connectivity index (χ2v) is 6.42. The van der Waals surface area contributed by atoms with Gasteiger partial charge < -0.3 is 5.32 Å². The zero-order valence-electron chi connectivity index (χ0n) is 13.3. The highest BCUT2D eigenvalue weighted by Gasteiger charge is 2.29. The van der Waals surface area contributed by atoms with Crippen molar-refractivity contribution in [3.05, 3.63) is 47.5 Å². The lowest BCUT2D eigenvalue weighted by atomic mass is 9.96. The van der Waals surface area contributed by atoms with E-state index in [-0.39, 0.29) is 0 Å². The molecule has 1 fully saturated rings. The van der Waals surface area contributed by atoms with Crippen LogP contribution in [0.15, 0.2) is 42.0 Å². The van der Waals surface area contributed by atoms with E-state index in [9.17, 15) is 0 Å². The van der Waals surface area contributed by atoms with Crippen molar-refractivity contribution in [2.24, 2.45) is 5.92 Å². The first kappa shape index (κ1) is 15.3. The van der Waals surface area contributed by atoms with E-state index < -0.39 is 0 Å². The van der Waals surface area contributed by atoms with Gasteiger partial charge in [0, 0.05) is 31.7 Å². The van der Waals surface area contributed by atoms with Gasteiger partial charge in [-0.2, -0.15) is 0 Å². The highest BCUT2D eigenvalue weighted by atomic mass is 15.2. The van der Waals surface area contributed by atoms with Crippen LogP contribution in [0.4, 0.5) is 0 Å². The number of nitrogens with one attached hydrogen (secondary N) is 1. The highest BCUT2D eigenvalue weighted by molar-refractivity contribution is 5.20. The van der Waals surface area contributed by atoms with Crippen LogP contribution in [0.3, 0.4) is 0 Å². The van der Waals surface area contributed by atoms with Crippen LogP contribution in [0.25, 0.3) is 0 Å². The Morgan fingerprint density at radius 1 is 1.30 bits per heavy atom. The molecule has 0 amide bonds. The molecule has 0 bridgehead atoms. The lowest BCUT2D eigenvalue weighted by molar-refractivity contribution is 0.126. The van der Waals surface area contributed by atoms with E-state index >= 15 is 0 Å². The molecule has 0 radical (unpaired) electrons. The van der Waals surface area contributed by atoms with Crippen LogP contribution in [0.2, 0.25) is 0 Å². The number of nitrogens with zero attached hydrogens (tertiary/aromatic N) is 1. The second kappa shape index (κ2) is 7.05. The third-order valence-electron chi connectivity index (χ3n) is 4.17. The van der Waals surface area contributed by atoms with Crippen LogP contribution in [-0.4, -0.2) is 30.6 Å². The molecule has 2 unspecified atom stereocenters. The molecule has 2 nitrogen and oxygen atoms in total. The van der Waals surface area contributed by atoms with Crippen LogP contribution in [0, 0.1) is 5.92 Å². The molecule has 0 aliphatic carbocycles. The van der Waals surface area contributed by atoms with Gasteiger partial charge in [-0.15, -0.1) is 0 Å². The Labute approximate surface area is 123 Å². The second-order valence-electron chi connectivity index (χ2n) is 6.42. The summed E-state index contributed by atoms with van der Waals surface area (Å²) in [6, 6.07) is 12.0. The fourth-order valence-electron chi connectivity index (χ4n) is 2.79. The standard InChI is InChI=1S/C18H28N2/c1-14(2)10-11-20-13-17(15(3)4)19-12-18(20)16-8-6-5-7-9-16/h5-10,15,17-19H,11-13H2,1-4H3. The van der Waals surface area contributed by atoms with Gasteiger partial charge in [0.15, 0.2) is 0 Å². The van der Waals surface area contributed by atoms with Crippen molar-refractivity contribution >= 4 is 0 Å². The Hall–Kier alpha value is -1.12. The molecule has 1 heterocycles. The summed E-state index contributed by atoms with van der Waals surface area (Å²) in [4.78, 5) is 2.61. The average Bonchev–Trinajstić information content (AvgIpc) is 2.45. The van der Waals surface area contributed by atoms with Crippen LogP contribution in [0.5, 0.6) is 0 Å². The molecule has 1 aliphatic rings. The monoisotopic (exact) mass is 272 g/mol. The summed E-state index contributed by atoms with van der Waals surface area (Å²) in [6.45, 7) is 12.2. The Balaban J connectivity index is 2.15.